The van der Waals surface area contributed by atoms with E-state index in [1.54, 1.807) is 0 Å². The van der Waals surface area contributed by atoms with E-state index in [1.165, 1.54) is 12.8 Å². The summed E-state index contributed by atoms with van der Waals surface area (Å²) in [5, 5.41) is 3.41. The van der Waals surface area contributed by atoms with E-state index in [9.17, 15) is 0 Å². The van der Waals surface area contributed by atoms with Gasteiger partial charge in [0.1, 0.15) is 0 Å². The fourth-order valence-electron chi connectivity index (χ4n) is 1.53. The van der Waals surface area contributed by atoms with Crippen molar-refractivity contribution in [3.63, 3.8) is 0 Å². The van der Waals surface area contributed by atoms with Crippen LogP contribution in [-0.2, 0) is 0 Å². The van der Waals surface area contributed by atoms with Crippen molar-refractivity contribution in [3.8, 4) is 0 Å². The SMILES string of the molecule is Brc1ccc([C@H]2CCCN2)nc1. The first-order valence-electron chi connectivity index (χ1n) is 4.21. The van der Waals surface area contributed by atoms with E-state index >= 15 is 0 Å². The molecule has 2 rings (SSSR count). The zero-order chi connectivity index (χ0) is 8.39. The highest BCUT2D eigenvalue weighted by molar-refractivity contribution is 9.10. The van der Waals surface area contributed by atoms with Crippen LogP contribution in [0.4, 0.5) is 0 Å². The molecule has 12 heavy (non-hydrogen) atoms. The average Bonchev–Trinajstić information content (AvgIpc) is 2.58. The van der Waals surface area contributed by atoms with E-state index < -0.39 is 0 Å². The molecule has 0 aliphatic carbocycles. The van der Waals surface area contributed by atoms with Gasteiger partial charge in [-0.3, -0.25) is 4.98 Å². The predicted molar refractivity (Wildman–Crippen MR) is 51.9 cm³/mol. The van der Waals surface area contributed by atoms with Gasteiger partial charge < -0.3 is 5.32 Å². The topological polar surface area (TPSA) is 24.9 Å². The highest BCUT2D eigenvalue weighted by Gasteiger charge is 2.16. The number of nitrogens with zero attached hydrogens (tertiary/aromatic N) is 1. The minimum absolute atomic E-state index is 0.484. The number of rotatable bonds is 1. The van der Waals surface area contributed by atoms with Crippen LogP contribution in [0.25, 0.3) is 0 Å². The molecule has 1 aliphatic rings. The predicted octanol–water partition coefficient (Wildman–Crippen LogP) is 2.27. The highest BCUT2D eigenvalue weighted by Crippen LogP contribution is 2.21. The second-order valence-electron chi connectivity index (χ2n) is 3.05. The molecule has 0 radical (unpaired) electrons. The van der Waals surface area contributed by atoms with Crippen molar-refractivity contribution in [2.75, 3.05) is 6.54 Å². The molecule has 64 valence electrons. The molecule has 0 amide bonds. The zero-order valence-electron chi connectivity index (χ0n) is 6.76. The van der Waals surface area contributed by atoms with Gasteiger partial charge in [-0.1, -0.05) is 0 Å². The minimum atomic E-state index is 0.484. The molecule has 1 aliphatic heterocycles. The molecular formula is C9H11BrN2. The Morgan fingerprint density at radius 2 is 2.42 bits per heavy atom. The smallest absolute Gasteiger partial charge is 0.0574 e. The first kappa shape index (κ1) is 8.20. The molecule has 0 bridgehead atoms. The fraction of sp³-hybridized carbons (Fsp3) is 0.444. The quantitative estimate of drug-likeness (QED) is 0.795. The van der Waals surface area contributed by atoms with E-state index in [4.69, 9.17) is 0 Å². The van der Waals surface area contributed by atoms with Gasteiger partial charge in [0, 0.05) is 16.7 Å². The lowest BCUT2D eigenvalue weighted by Crippen LogP contribution is -2.13. The van der Waals surface area contributed by atoms with E-state index in [2.05, 4.69) is 32.3 Å². The van der Waals surface area contributed by atoms with Crippen molar-refractivity contribution in [2.24, 2.45) is 0 Å². The lowest BCUT2D eigenvalue weighted by Gasteiger charge is -2.08. The Morgan fingerprint density at radius 1 is 1.50 bits per heavy atom. The van der Waals surface area contributed by atoms with Crippen molar-refractivity contribution < 1.29 is 0 Å². The normalized spacial score (nSPS) is 22.9. The molecule has 0 saturated carbocycles. The third-order valence-corrected chi connectivity index (χ3v) is 2.64. The highest BCUT2D eigenvalue weighted by atomic mass is 79.9. The number of nitrogens with one attached hydrogen (secondary N) is 1. The summed E-state index contributed by atoms with van der Waals surface area (Å²) in [5.41, 5.74) is 1.16. The summed E-state index contributed by atoms with van der Waals surface area (Å²) >= 11 is 3.37. The molecule has 1 aromatic heterocycles. The molecule has 1 saturated heterocycles. The average molecular weight is 227 g/mol. The van der Waals surface area contributed by atoms with Crippen molar-refractivity contribution in [1.29, 1.82) is 0 Å². The Bertz CT molecular complexity index is 252. The molecule has 0 aromatic carbocycles. The summed E-state index contributed by atoms with van der Waals surface area (Å²) in [6.07, 6.45) is 4.34. The Labute approximate surface area is 80.5 Å². The van der Waals surface area contributed by atoms with Gasteiger partial charge in [0.15, 0.2) is 0 Å². The monoisotopic (exact) mass is 226 g/mol. The Hall–Kier alpha value is -0.410. The molecule has 0 unspecified atom stereocenters. The molecule has 0 spiro atoms. The maximum absolute atomic E-state index is 4.35. The van der Waals surface area contributed by atoms with Gasteiger partial charge in [-0.15, -0.1) is 0 Å². The fourth-order valence-corrected chi connectivity index (χ4v) is 1.76. The van der Waals surface area contributed by atoms with Gasteiger partial charge in [0.05, 0.1) is 5.69 Å². The van der Waals surface area contributed by atoms with Crippen LogP contribution in [0, 0.1) is 0 Å². The molecular weight excluding hydrogens is 216 g/mol. The first-order chi connectivity index (χ1) is 5.86. The van der Waals surface area contributed by atoms with Crippen LogP contribution in [0.5, 0.6) is 0 Å². The van der Waals surface area contributed by atoms with Crippen LogP contribution in [0.1, 0.15) is 24.6 Å². The largest absolute Gasteiger partial charge is 0.309 e. The van der Waals surface area contributed by atoms with Gasteiger partial charge >= 0.3 is 0 Å². The van der Waals surface area contributed by atoms with Gasteiger partial charge in [0.2, 0.25) is 0 Å². The van der Waals surface area contributed by atoms with Crippen molar-refractivity contribution in [3.05, 3.63) is 28.5 Å². The number of halogens is 1. The summed E-state index contributed by atoms with van der Waals surface area (Å²) in [6, 6.07) is 4.60. The van der Waals surface area contributed by atoms with Crippen LogP contribution in [0.3, 0.4) is 0 Å². The maximum Gasteiger partial charge on any atom is 0.0574 e. The maximum atomic E-state index is 4.35. The second-order valence-corrected chi connectivity index (χ2v) is 3.97. The summed E-state index contributed by atoms with van der Waals surface area (Å²) in [4.78, 5) is 4.35. The molecule has 1 aromatic rings. The van der Waals surface area contributed by atoms with Crippen LogP contribution in [0.15, 0.2) is 22.8 Å². The van der Waals surface area contributed by atoms with Crippen LogP contribution < -0.4 is 5.32 Å². The minimum Gasteiger partial charge on any atom is -0.309 e. The molecule has 2 nitrogen and oxygen atoms in total. The van der Waals surface area contributed by atoms with E-state index in [1.807, 2.05) is 12.3 Å². The zero-order valence-corrected chi connectivity index (χ0v) is 8.34. The summed E-state index contributed by atoms with van der Waals surface area (Å²) < 4.78 is 1.05. The lowest BCUT2D eigenvalue weighted by molar-refractivity contribution is 0.627. The summed E-state index contributed by atoms with van der Waals surface area (Å²) in [5.74, 6) is 0. The second kappa shape index (κ2) is 3.54. The lowest BCUT2D eigenvalue weighted by atomic mass is 10.1. The molecule has 1 fully saturated rings. The number of aromatic nitrogens is 1. The molecule has 1 N–H and O–H groups in total. The number of hydrogen-bond acceptors (Lipinski definition) is 2. The third-order valence-electron chi connectivity index (χ3n) is 2.17. The first-order valence-corrected chi connectivity index (χ1v) is 5.00. The summed E-state index contributed by atoms with van der Waals surface area (Å²) in [6.45, 7) is 1.13. The van der Waals surface area contributed by atoms with Crippen LogP contribution in [-0.4, -0.2) is 11.5 Å². The third kappa shape index (κ3) is 1.67. The van der Waals surface area contributed by atoms with E-state index in [0.717, 1.165) is 16.7 Å². The van der Waals surface area contributed by atoms with Crippen LogP contribution in [0.2, 0.25) is 0 Å². The van der Waals surface area contributed by atoms with E-state index in [-0.39, 0.29) is 0 Å². The number of hydrogen-bond donors (Lipinski definition) is 1. The van der Waals surface area contributed by atoms with Crippen LogP contribution >= 0.6 is 15.9 Å². The Kier molecular flexibility index (Phi) is 2.42. The summed E-state index contributed by atoms with van der Waals surface area (Å²) in [7, 11) is 0. The molecule has 1 atom stereocenters. The van der Waals surface area contributed by atoms with Gasteiger partial charge in [-0.25, -0.2) is 0 Å². The molecule has 3 heteroatoms. The van der Waals surface area contributed by atoms with Crippen molar-refractivity contribution >= 4 is 15.9 Å². The van der Waals surface area contributed by atoms with Crippen molar-refractivity contribution in [1.82, 2.24) is 10.3 Å². The van der Waals surface area contributed by atoms with E-state index in [0.29, 0.717) is 6.04 Å². The number of pyridine rings is 1. The standard InChI is InChI=1S/C9H11BrN2/c10-7-3-4-9(12-6-7)8-2-1-5-11-8/h3-4,6,8,11H,1-2,5H2/t8-/m1/s1. The Balaban J connectivity index is 2.17. The van der Waals surface area contributed by atoms with Gasteiger partial charge in [0.25, 0.3) is 0 Å². The van der Waals surface area contributed by atoms with Gasteiger partial charge in [-0.2, -0.15) is 0 Å². The Morgan fingerprint density at radius 3 is 3.00 bits per heavy atom. The van der Waals surface area contributed by atoms with Gasteiger partial charge in [-0.05, 0) is 47.4 Å². The molecule has 2 heterocycles. The van der Waals surface area contributed by atoms with Crippen molar-refractivity contribution in [2.45, 2.75) is 18.9 Å².